The normalized spacial score (nSPS) is 14.8. The molecule has 1 aliphatic carbocycles. The number of nitrogens with zero attached hydrogens (tertiary/aromatic N) is 2. The van der Waals surface area contributed by atoms with Crippen LogP contribution in [0.3, 0.4) is 0 Å². The van der Waals surface area contributed by atoms with Crippen LogP contribution in [0.25, 0.3) is 0 Å². The van der Waals surface area contributed by atoms with Crippen molar-refractivity contribution in [2.24, 2.45) is 5.73 Å². The lowest BCUT2D eigenvalue weighted by Gasteiger charge is -2.20. The van der Waals surface area contributed by atoms with E-state index in [1.165, 1.54) is 6.26 Å². The maximum absolute atomic E-state index is 12.0. The van der Waals surface area contributed by atoms with Crippen molar-refractivity contribution in [3.05, 3.63) is 18.0 Å². The van der Waals surface area contributed by atoms with Crippen molar-refractivity contribution in [1.29, 1.82) is 0 Å². The molecule has 2 N–H and O–H groups in total. The van der Waals surface area contributed by atoms with E-state index >= 15 is 0 Å². The van der Waals surface area contributed by atoms with Crippen molar-refractivity contribution in [1.82, 2.24) is 10.1 Å². The molecule has 0 bridgehead atoms. The fourth-order valence-corrected chi connectivity index (χ4v) is 1.63. The van der Waals surface area contributed by atoms with E-state index in [-0.39, 0.29) is 5.91 Å². The molecule has 2 rings (SSSR count). The van der Waals surface area contributed by atoms with Crippen molar-refractivity contribution >= 4 is 23.1 Å². The van der Waals surface area contributed by atoms with Gasteiger partial charge < -0.3 is 15.2 Å². The van der Waals surface area contributed by atoms with Gasteiger partial charge in [-0.1, -0.05) is 17.4 Å². The summed E-state index contributed by atoms with van der Waals surface area (Å²) in [5.74, 6) is -0.104. The van der Waals surface area contributed by atoms with Gasteiger partial charge in [0.05, 0.1) is 4.99 Å². The predicted molar refractivity (Wildman–Crippen MR) is 62.0 cm³/mol. The monoisotopic (exact) mass is 239 g/mol. The first kappa shape index (κ1) is 11.1. The van der Waals surface area contributed by atoms with E-state index in [2.05, 4.69) is 9.68 Å². The van der Waals surface area contributed by atoms with Crippen molar-refractivity contribution in [2.75, 3.05) is 6.54 Å². The zero-order valence-corrected chi connectivity index (χ0v) is 9.57. The Kier molecular flexibility index (Phi) is 3.19. The topological polar surface area (TPSA) is 72.4 Å². The Bertz CT molecular complexity index is 387. The molecule has 86 valence electrons. The number of thiocarbonyl (C=S) groups is 1. The first-order chi connectivity index (χ1) is 7.68. The van der Waals surface area contributed by atoms with Gasteiger partial charge in [0.25, 0.3) is 5.91 Å². The van der Waals surface area contributed by atoms with Gasteiger partial charge in [0, 0.05) is 25.1 Å². The summed E-state index contributed by atoms with van der Waals surface area (Å²) in [6, 6.07) is 1.89. The summed E-state index contributed by atoms with van der Waals surface area (Å²) in [4.78, 5) is 14.2. The predicted octanol–water partition coefficient (Wildman–Crippen LogP) is 0.955. The van der Waals surface area contributed by atoms with Gasteiger partial charge in [-0.05, 0) is 12.8 Å². The quantitative estimate of drug-likeness (QED) is 0.775. The summed E-state index contributed by atoms with van der Waals surface area (Å²) in [5.41, 5.74) is 5.78. The molecule has 1 aromatic heterocycles. The number of hydrogen-bond donors (Lipinski definition) is 1. The highest BCUT2D eigenvalue weighted by molar-refractivity contribution is 7.80. The van der Waals surface area contributed by atoms with Crippen LogP contribution in [-0.4, -0.2) is 33.5 Å². The van der Waals surface area contributed by atoms with E-state index in [1.54, 1.807) is 11.0 Å². The zero-order valence-electron chi connectivity index (χ0n) is 8.76. The van der Waals surface area contributed by atoms with E-state index < -0.39 is 0 Å². The van der Waals surface area contributed by atoms with E-state index in [0.29, 0.717) is 29.7 Å². The van der Waals surface area contributed by atoms with Crippen LogP contribution in [0.15, 0.2) is 16.9 Å². The van der Waals surface area contributed by atoms with Crippen LogP contribution < -0.4 is 5.73 Å². The van der Waals surface area contributed by atoms with Crippen molar-refractivity contribution in [2.45, 2.75) is 25.3 Å². The summed E-state index contributed by atoms with van der Waals surface area (Å²) in [5, 5.41) is 3.64. The molecule has 0 radical (unpaired) electrons. The van der Waals surface area contributed by atoms with E-state index in [4.69, 9.17) is 18.0 Å². The van der Waals surface area contributed by atoms with Crippen molar-refractivity contribution in [3.63, 3.8) is 0 Å². The smallest absolute Gasteiger partial charge is 0.276 e. The summed E-state index contributed by atoms with van der Waals surface area (Å²) >= 11 is 4.81. The second-order valence-electron chi connectivity index (χ2n) is 3.83. The summed E-state index contributed by atoms with van der Waals surface area (Å²) in [7, 11) is 0. The Labute approximate surface area is 98.6 Å². The number of hydrogen-bond acceptors (Lipinski definition) is 4. The Morgan fingerprint density at radius 1 is 1.69 bits per heavy atom. The fourth-order valence-electron chi connectivity index (χ4n) is 1.54. The van der Waals surface area contributed by atoms with Crippen LogP contribution in [-0.2, 0) is 0 Å². The Morgan fingerprint density at radius 3 is 2.94 bits per heavy atom. The zero-order chi connectivity index (χ0) is 11.5. The third-order valence-corrected chi connectivity index (χ3v) is 2.71. The summed E-state index contributed by atoms with van der Waals surface area (Å²) in [6.07, 6.45) is 4.03. The van der Waals surface area contributed by atoms with Gasteiger partial charge in [0.2, 0.25) is 0 Å². The van der Waals surface area contributed by atoms with Gasteiger partial charge >= 0.3 is 0 Å². The highest BCUT2D eigenvalue weighted by Gasteiger charge is 2.33. The molecule has 0 spiro atoms. The van der Waals surface area contributed by atoms with E-state index in [0.717, 1.165) is 12.8 Å². The van der Waals surface area contributed by atoms with Crippen LogP contribution >= 0.6 is 12.2 Å². The molecular formula is C10H13N3O2S. The molecular weight excluding hydrogens is 226 g/mol. The van der Waals surface area contributed by atoms with Gasteiger partial charge in [-0.25, -0.2) is 0 Å². The maximum atomic E-state index is 12.0. The molecule has 1 fully saturated rings. The number of amides is 1. The maximum Gasteiger partial charge on any atom is 0.276 e. The van der Waals surface area contributed by atoms with Gasteiger partial charge in [-0.2, -0.15) is 0 Å². The molecule has 1 saturated carbocycles. The highest BCUT2D eigenvalue weighted by Crippen LogP contribution is 2.28. The van der Waals surface area contributed by atoms with Gasteiger partial charge in [0.15, 0.2) is 5.69 Å². The van der Waals surface area contributed by atoms with Crippen LogP contribution in [0.4, 0.5) is 0 Å². The average molecular weight is 239 g/mol. The standard InChI is InChI=1S/C10H13N3O2S/c11-9(16)3-5-13(7-1-2-7)10(14)8-4-6-15-12-8/h4,6-7H,1-3,5H2,(H2,11,16). The molecule has 1 aliphatic rings. The van der Waals surface area contributed by atoms with E-state index in [9.17, 15) is 4.79 Å². The molecule has 0 saturated heterocycles. The average Bonchev–Trinajstić information content (AvgIpc) is 2.93. The van der Waals surface area contributed by atoms with Gasteiger partial charge in [0.1, 0.15) is 6.26 Å². The Hall–Kier alpha value is -1.43. The molecule has 0 atom stereocenters. The number of carbonyl (C=O) groups excluding carboxylic acids is 1. The van der Waals surface area contributed by atoms with Crippen LogP contribution in [0.1, 0.15) is 29.8 Å². The molecule has 1 heterocycles. The lowest BCUT2D eigenvalue weighted by atomic mass is 10.3. The highest BCUT2D eigenvalue weighted by atomic mass is 32.1. The SMILES string of the molecule is NC(=S)CCN(C(=O)c1ccon1)C1CC1. The number of aromatic nitrogens is 1. The minimum atomic E-state index is -0.104. The van der Waals surface area contributed by atoms with Crippen molar-refractivity contribution in [3.8, 4) is 0 Å². The number of carbonyl (C=O) groups is 1. The van der Waals surface area contributed by atoms with Crippen LogP contribution in [0.5, 0.6) is 0 Å². The van der Waals surface area contributed by atoms with Gasteiger partial charge in [-0.15, -0.1) is 0 Å². The summed E-state index contributed by atoms with van der Waals surface area (Å²) in [6.45, 7) is 0.561. The number of rotatable bonds is 5. The number of nitrogens with two attached hydrogens (primary N) is 1. The van der Waals surface area contributed by atoms with Crippen LogP contribution in [0.2, 0.25) is 0 Å². The van der Waals surface area contributed by atoms with Gasteiger partial charge in [-0.3, -0.25) is 4.79 Å². The Balaban J connectivity index is 2.01. The fraction of sp³-hybridized carbons (Fsp3) is 0.500. The molecule has 0 aromatic carbocycles. The largest absolute Gasteiger partial charge is 0.393 e. The third-order valence-electron chi connectivity index (χ3n) is 2.50. The molecule has 0 aliphatic heterocycles. The Morgan fingerprint density at radius 2 is 2.44 bits per heavy atom. The molecule has 1 amide bonds. The molecule has 6 heteroatoms. The lowest BCUT2D eigenvalue weighted by molar-refractivity contribution is 0.0737. The minimum absolute atomic E-state index is 0.104. The second kappa shape index (κ2) is 4.61. The minimum Gasteiger partial charge on any atom is -0.393 e. The molecule has 5 nitrogen and oxygen atoms in total. The third kappa shape index (κ3) is 2.57. The molecule has 16 heavy (non-hydrogen) atoms. The first-order valence-electron chi connectivity index (χ1n) is 5.18. The lowest BCUT2D eigenvalue weighted by Crippen LogP contribution is -2.35. The van der Waals surface area contributed by atoms with Crippen molar-refractivity contribution < 1.29 is 9.32 Å². The molecule has 0 unspecified atom stereocenters. The second-order valence-corrected chi connectivity index (χ2v) is 4.36. The first-order valence-corrected chi connectivity index (χ1v) is 5.59. The van der Waals surface area contributed by atoms with Crippen LogP contribution in [0, 0.1) is 0 Å². The molecule has 1 aromatic rings. The van der Waals surface area contributed by atoms with E-state index in [1.807, 2.05) is 0 Å². The summed E-state index contributed by atoms with van der Waals surface area (Å²) < 4.78 is 4.66.